The second kappa shape index (κ2) is 9.76. The number of carbonyl (C=O) groups is 1. The second-order valence-corrected chi connectivity index (χ2v) is 16.7. The van der Waals surface area contributed by atoms with E-state index in [1.807, 2.05) is 6.07 Å². The van der Waals surface area contributed by atoms with Crippen LogP contribution in [0.4, 0.5) is 4.39 Å². The summed E-state index contributed by atoms with van der Waals surface area (Å²) >= 11 is 0. The van der Waals surface area contributed by atoms with Crippen LogP contribution in [0.25, 0.3) is 0 Å². The van der Waals surface area contributed by atoms with Crippen molar-refractivity contribution in [3.63, 3.8) is 0 Å². The predicted octanol–water partition coefficient (Wildman–Crippen LogP) is 9.35. The van der Waals surface area contributed by atoms with Gasteiger partial charge < -0.3 is 5.11 Å². The molecule has 10 atom stereocenters. The Labute approximate surface area is 249 Å². The highest BCUT2D eigenvalue weighted by Crippen LogP contribution is 2.75. The number of rotatable bonds is 4. The molecule has 41 heavy (non-hydrogen) atoms. The molecule has 0 radical (unpaired) electrons. The monoisotopic (exact) mass is 562 g/mol. The molecule has 6 rings (SSSR count). The van der Waals surface area contributed by atoms with Crippen molar-refractivity contribution in [3.05, 3.63) is 47.3 Å². The van der Waals surface area contributed by atoms with Crippen LogP contribution < -0.4 is 0 Å². The van der Waals surface area contributed by atoms with E-state index in [-0.39, 0.29) is 39.0 Å². The maximum atomic E-state index is 14.4. The van der Waals surface area contributed by atoms with Gasteiger partial charge in [-0.05, 0) is 133 Å². The van der Waals surface area contributed by atoms with E-state index >= 15 is 0 Å². The molecule has 226 valence electrons. The lowest BCUT2D eigenvalue weighted by Crippen LogP contribution is -2.65. The standard InChI is InChI=1S/C38H55FO2/c1-24-15-20-38(32(41)14-11-26-9-8-10-27(39)23-26)22-21-36(6)28(33(38)25(24)2)12-13-30-35(5)18-17-31(40)34(3,4)29(35)16-19-37(30,36)7/h8-10,12,23-25,29-31,33,40H,11,13-22H2,1-7H3/t24-,25+,29+,30-,31+,33+,35+,36-,37-,38-/m1/s1. The van der Waals surface area contributed by atoms with E-state index in [0.29, 0.717) is 48.2 Å². The van der Waals surface area contributed by atoms with Gasteiger partial charge in [-0.3, -0.25) is 4.79 Å². The van der Waals surface area contributed by atoms with Crippen LogP contribution in [0.2, 0.25) is 0 Å². The van der Waals surface area contributed by atoms with Gasteiger partial charge in [-0.1, -0.05) is 72.2 Å². The van der Waals surface area contributed by atoms with Crippen LogP contribution >= 0.6 is 0 Å². The van der Waals surface area contributed by atoms with Gasteiger partial charge in [0.15, 0.2) is 0 Å². The Kier molecular flexibility index (Phi) is 7.05. The average Bonchev–Trinajstić information content (AvgIpc) is 2.92. The van der Waals surface area contributed by atoms with E-state index in [1.165, 1.54) is 18.9 Å². The number of aliphatic hydroxyl groups is 1. The molecule has 0 aromatic heterocycles. The zero-order chi connectivity index (χ0) is 29.6. The van der Waals surface area contributed by atoms with Crippen LogP contribution in [0, 0.1) is 62.5 Å². The van der Waals surface area contributed by atoms with E-state index in [0.717, 1.165) is 50.5 Å². The van der Waals surface area contributed by atoms with Crippen molar-refractivity contribution < 1.29 is 14.3 Å². The minimum absolute atomic E-state index is 0.0393. The molecule has 0 saturated heterocycles. The number of fused-ring (bicyclic) bond motifs is 7. The summed E-state index contributed by atoms with van der Waals surface area (Å²) in [6, 6.07) is 6.81. The van der Waals surface area contributed by atoms with Crippen molar-refractivity contribution >= 4 is 5.78 Å². The summed E-state index contributed by atoms with van der Waals surface area (Å²) in [5.41, 5.74) is 2.79. The summed E-state index contributed by atoms with van der Waals surface area (Å²) in [6.07, 6.45) is 13.4. The third-order valence-corrected chi connectivity index (χ3v) is 15.1. The highest BCUT2D eigenvalue weighted by molar-refractivity contribution is 5.86. The molecule has 0 spiro atoms. The van der Waals surface area contributed by atoms with Gasteiger partial charge in [0.05, 0.1) is 6.10 Å². The number of carbonyl (C=O) groups excluding carboxylic acids is 1. The molecule has 4 saturated carbocycles. The van der Waals surface area contributed by atoms with Crippen LogP contribution in [0.1, 0.15) is 118 Å². The number of Topliss-reactive ketones (excluding diaryl/α,β-unsaturated/α-hetero) is 1. The lowest BCUT2D eigenvalue weighted by Gasteiger charge is -2.71. The molecule has 0 heterocycles. The zero-order valence-corrected chi connectivity index (χ0v) is 26.9. The predicted molar refractivity (Wildman–Crippen MR) is 165 cm³/mol. The summed E-state index contributed by atoms with van der Waals surface area (Å²) in [4.78, 5) is 14.4. The normalized spacial score (nSPS) is 46.8. The summed E-state index contributed by atoms with van der Waals surface area (Å²) in [6.45, 7) is 17.3. The fourth-order valence-corrected chi connectivity index (χ4v) is 12.2. The molecule has 5 aliphatic carbocycles. The molecular weight excluding hydrogens is 507 g/mol. The van der Waals surface area contributed by atoms with Gasteiger partial charge >= 0.3 is 0 Å². The lowest BCUT2D eigenvalue weighted by molar-refractivity contribution is -0.204. The quantitative estimate of drug-likeness (QED) is 0.371. The summed E-state index contributed by atoms with van der Waals surface area (Å²) in [5.74, 6) is 2.81. The molecule has 3 heteroatoms. The van der Waals surface area contributed by atoms with Crippen LogP contribution in [-0.4, -0.2) is 17.0 Å². The van der Waals surface area contributed by atoms with Crippen LogP contribution in [0.5, 0.6) is 0 Å². The Bertz CT molecular complexity index is 1230. The second-order valence-electron chi connectivity index (χ2n) is 16.7. The molecule has 0 bridgehead atoms. The largest absolute Gasteiger partial charge is 0.393 e. The molecule has 0 unspecified atom stereocenters. The van der Waals surface area contributed by atoms with Gasteiger partial charge in [-0.15, -0.1) is 0 Å². The first-order chi connectivity index (χ1) is 19.2. The number of aryl methyl sites for hydroxylation is 1. The summed E-state index contributed by atoms with van der Waals surface area (Å²) < 4.78 is 13.9. The van der Waals surface area contributed by atoms with Gasteiger partial charge in [-0.25, -0.2) is 4.39 Å². The minimum Gasteiger partial charge on any atom is -0.393 e. The Morgan fingerprint density at radius 3 is 2.44 bits per heavy atom. The van der Waals surface area contributed by atoms with Gasteiger partial charge in [0.25, 0.3) is 0 Å². The van der Waals surface area contributed by atoms with Crippen molar-refractivity contribution in [1.29, 1.82) is 0 Å². The van der Waals surface area contributed by atoms with Crippen LogP contribution in [0.3, 0.4) is 0 Å². The number of hydrogen-bond donors (Lipinski definition) is 1. The Morgan fingerprint density at radius 1 is 0.951 bits per heavy atom. The van der Waals surface area contributed by atoms with Gasteiger partial charge in [0.1, 0.15) is 11.6 Å². The smallest absolute Gasteiger partial charge is 0.139 e. The average molecular weight is 563 g/mol. The first-order valence-electron chi connectivity index (χ1n) is 16.9. The molecular formula is C38H55FO2. The summed E-state index contributed by atoms with van der Waals surface area (Å²) in [5, 5.41) is 11.0. The van der Waals surface area contributed by atoms with Gasteiger partial charge in [-0.2, -0.15) is 0 Å². The highest BCUT2D eigenvalue weighted by Gasteiger charge is 2.69. The molecule has 4 fully saturated rings. The van der Waals surface area contributed by atoms with E-state index in [2.05, 4.69) is 54.5 Å². The number of ketones is 1. The number of hydrogen-bond acceptors (Lipinski definition) is 2. The fourth-order valence-electron chi connectivity index (χ4n) is 12.2. The molecule has 0 aliphatic heterocycles. The summed E-state index contributed by atoms with van der Waals surface area (Å²) in [7, 11) is 0. The van der Waals surface area contributed by atoms with Gasteiger partial charge in [0.2, 0.25) is 0 Å². The Hall–Kier alpha value is -1.48. The third-order valence-electron chi connectivity index (χ3n) is 15.1. The molecule has 5 aliphatic rings. The maximum Gasteiger partial charge on any atom is 0.139 e. The topological polar surface area (TPSA) is 37.3 Å². The van der Waals surface area contributed by atoms with Crippen molar-refractivity contribution in [2.45, 2.75) is 125 Å². The first kappa shape index (κ1) is 29.6. The zero-order valence-electron chi connectivity index (χ0n) is 26.9. The van der Waals surface area contributed by atoms with Crippen LogP contribution in [-0.2, 0) is 11.2 Å². The van der Waals surface area contributed by atoms with E-state index in [9.17, 15) is 14.3 Å². The van der Waals surface area contributed by atoms with Crippen molar-refractivity contribution in [2.24, 2.45) is 56.7 Å². The third kappa shape index (κ3) is 4.06. The van der Waals surface area contributed by atoms with Crippen LogP contribution in [0.15, 0.2) is 35.9 Å². The molecule has 2 nitrogen and oxygen atoms in total. The maximum absolute atomic E-state index is 14.4. The van der Waals surface area contributed by atoms with E-state index in [1.54, 1.807) is 17.7 Å². The Morgan fingerprint density at radius 2 is 1.71 bits per heavy atom. The van der Waals surface area contributed by atoms with Gasteiger partial charge in [0, 0.05) is 11.8 Å². The fraction of sp³-hybridized carbons (Fsp3) is 0.763. The molecule has 0 amide bonds. The highest BCUT2D eigenvalue weighted by atomic mass is 19.1. The van der Waals surface area contributed by atoms with E-state index in [4.69, 9.17) is 0 Å². The number of benzene rings is 1. The number of aliphatic hydroxyl groups excluding tert-OH is 1. The molecule has 1 aromatic rings. The van der Waals surface area contributed by atoms with E-state index < -0.39 is 0 Å². The Balaban J connectivity index is 1.36. The molecule has 1 N–H and O–H groups in total. The number of allylic oxidation sites excluding steroid dienone is 2. The van der Waals surface area contributed by atoms with Crippen molar-refractivity contribution in [2.75, 3.05) is 0 Å². The van der Waals surface area contributed by atoms with Crippen molar-refractivity contribution in [1.82, 2.24) is 0 Å². The first-order valence-corrected chi connectivity index (χ1v) is 16.9. The number of halogens is 1. The lowest BCUT2D eigenvalue weighted by atomic mass is 9.33. The minimum atomic E-state index is -0.272. The molecule has 1 aromatic carbocycles. The SMILES string of the molecule is C[C@H]1[C@H](C)CC[C@]2(C(=O)CCc3cccc(F)c3)CC[C@]3(C)C(=CC[C@@H]4[C@@]5(C)CC[C@H](O)C(C)(C)[C@@H]5CC[C@]43C)[C@H]12. The van der Waals surface area contributed by atoms with Crippen molar-refractivity contribution in [3.8, 4) is 0 Å².